The Kier molecular flexibility index (Phi) is 8.11. The number of Topliss-reactive ketones (excluding diaryl/α,β-unsaturated/α-hetero) is 1. The number of allylic oxidation sites excluding steroid dienone is 1. The summed E-state index contributed by atoms with van der Waals surface area (Å²) in [6, 6.07) is 5.90. The summed E-state index contributed by atoms with van der Waals surface area (Å²) in [4.78, 5) is 35.4. The number of carboxylic acid groups (broad SMARTS) is 1. The minimum Gasteiger partial charge on any atom is -0.508 e. The van der Waals surface area contributed by atoms with Crippen LogP contribution in [0.15, 0.2) is 30.5 Å². The molecule has 13 heteroatoms. The van der Waals surface area contributed by atoms with Gasteiger partial charge in [0, 0.05) is 0 Å². The van der Waals surface area contributed by atoms with Gasteiger partial charge >= 0.3 is 11.9 Å². The number of hydrogen-bond donors (Lipinski definition) is 6. The number of aliphatic hydroxyl groups is 4. The standard InChI is InChI=1S/C24H28O13/c25-11-3-1-10(2-4-11)12-8-35-23-14(6-5-13(26)18(23)19(12)30)36-24-22(33)21(32)20(31)15(37-24)9-34-17(29)7-16(27)28/h1-4,8,13-15,18,20-26,31-33H,5-7,9H2,(H,27,28)/t13?,14?,15-,18?,20+,21+,22-,23?,24-/m0/s1. The second-order valence-electron chi connectivity index (χ2n) is 9.16. The van der Waals surface area contributed by atoms with Crippen LogP contribution >= 0.6 is 0 Å². The fraction of sp³-hybridized carbons (Fsp3) is 0.542. The number of carbonyl (C=O) groups is 3. The highest BCUT2D eigenvalue weighted by Crippen LogP contribution is 2.39. The molecule has 0 bridgehead atoms. The third kappa shape index (κ3) is 5.76. The molecule has 1 saturated heterocycles. The smallest absolute Gasteiger partial charge is 0.317 e. The summed E-state index contributed by atoms with van der Waals surface area (Å²) in [6.07, 6.45) is -10.2. The van der Waals surface area contributed by atoms with Gasteiger partial charge in [-0.05, 0) is 30.5 Å². The Labute approximate surface area is 210 Å². The molecule has 1 aromatic carbocycles. The van der Waals surface area contributed by atoms with E-state index in [-0.39, 0.29) is 24.2 Å². The van der Waals surface area contributed by atoms with Gasteiger partial charge in [-0.25, -0.2) is 0 Å². The van der Waals surface area contributed by atoms with Crippen LogP contribution in [0.5, 0.6) is 5.75 Å². The number of phenols is 1. The first kappa shape index (κ1) is 27.0. The van der Waals surface area contributed by atoms with Crippen molar-refractivity contribution in [1.29, 1.82) is 0 Å². The van der Waals surface area contributed by atoms with Crippen molar-refractivity contribution in [2.75, 3.05) is 6.61 Å². The number of ether oxygens (including phenoxy) is 4. The van der Waals surface area contributed by atoms with Crippen molar-refractivity contribution in [3.63, 3.8) is 0 Å². The number of aromatic hydroxyl groups is 1. The molecular weight excluding hydrogens is 496 g/mol. The zero-order chi connectivity index (χ0) is 26.9. The van der Waals surface area contributed by atoms with Crippen LogP contribution in [0, 0.1) is 5.92 Å². The molecule has 2 fully saturated rings. The lowest BCUT2D eigenvalue weighted by Gasteiger charge is -2.45. The molecule has 2 heterocycles. The zero-order valence-corrected chi connectivity index (χ0v) is 19.5. The molecule has 202 valence electrons. The Morgan fingerprint density at radius 1 is 1.00 bits per heavy atom. The second kappa shape index (κ2) is 11.1. The summed E-state index contributed by atoms with van der Waals surface area (Å²) in [7, 11) is 0. The zero-order valence-electron chi connectivity index (χ0n) is 19.5. The van der Waals surface area contributed by atoms with Crippen LogP contribution in [-0.4, -0.2) is 104 Å². The molecule has 1 aromatic rings. The van der Waals surface area contributed by atoms with Crippen molar-refractivity contribution in [2.24, 2.45) is 5.92 Å². The van der Waals surface area contributed by atoms with E-state index in [4.69, 9.17) is 24.1 Å². The molecule has 0 spiro atoms. The van der Waals surface area contributed by atoms with Crippen LogP contribution in [0.2, 0.25) is 0 Å². The predicted octanol–water partition coefficient (Wildman–Crippen LogP) is -1.32. The maximum absolute atomic E-state index is 13.3. The number of esters is 1. The summed E-state index contributed by atoms with van der Waals surface area (Å²) in [5.74, 6) is -3.88. The molecule has 4 unspecified atom stereocenters. The molecule has 6 N–H and O–H groups in total. The number of phenolic OH excluding ortho intramolecular Hbond substituents is 1. The van der Waals surface area contributed by atoms with Gasteiger partial charge in [-0.2, -0.15) is 0 Å². The van der Waals surface area contributed by atoms with Gasteiger partial charge in [0.05, 0.1) is 30.0 Å². The normalized spacial score (nSPS) is 35.6. The van der Waals surface area contributed by atoms with E-state index < -0.39 is 85.7 Å². The number of ketones is 1. The lowest BCUT2D eigenvalue weighted by molar-refractivity contribution is -0.322. The van der Waals surface area contributed by atoms with Crippen LogP contribution in [0.4, 0.5) is 0 Å². The number of aliphatic carboxylic acids is 1. The van der Waals surface area contributed by atoms with E-state index in [1.807, 2.05) is 0 Å². The SMILES string of the molecule is O=C(O)CC(=O)OC[C@@H]1O[C@H](OC2CCC(O)C3C(=O)C(c4ccc(O)cc4)=COC23)[C@@H](O)[C@H](O)[C@@H]1O. The van der Waals surface area contributed by atoms with Crippen molar-refractivity contribution >= 4 is 23.3 Å². The van der Waals surface area contributed by atoms with E-state index in [0.717, 1.165) is 0 Å². The molecular formula is C24H28O13. The predicted molar refractivity (Wildman–Crippen MR) is 119 cm³/mol. The molecule has 37 heavy (non-hydrogen) atoms. The Balaban J connectivity index is 1.47. The van der Waals surface area contributed by atoms with E-state index in [1.54, 1.807) is 0 Å². The highest BCUT2D eigenvalue weighted by molar-refractivity contribution is 6.22. The molecule has 1 aliphatic carbocycles. The first-order chi connectivity index (χ1) is 17.6. The molecule has 0 aromatic heterocycles. The topological polar surface area (TPSA) is 210 Å². The molecule has 0 amide bonds. The maximum Gasteiger partial charge on any atom is 0.317 e. The van der Waals surface area contributed by atoms with Gasteiger partial charge in [-0.15, -0.1) is 0 Å². The summed E-state index contributed by atoms with van der Waals surface area (Å²) in [6.45, 7) is -0.611. The second-order valence-corrected chi connectivity index (χ2v) is 9.16. The highest BCUT2D eigenvalue weighted by atomic mass is 16.7. The van der Waals surface area contributed by atoms with Gasteiger partial charge in [0.2, 0.25) is 0 Å². The third-order valence-corrected chi connectivity index (χ3v) is 6.65. The number of aliphatic hydroxyl groups excluding tert-OH is 4. The van der Waals surface area contributed by atoms with E-state index in [1.165, 1.54) is 30.5 Å². The van der Waals surface area contributed by atoms with Crippen molar-refractivity contribution in [2.45, 2.75) is 68.3 Å². The van der Waals surface area contributed by atoms with E-state index in [0.29, 0.717) is 5.56 Å². The Hall–Kier alpha value is -3.07. The van der Waals surface area contributed by atoms with Crippen molar-refractivity contribution in [3.8, 4) is 5.75 Å². The monoisotopic (exact) mass is 524 g/mol. The molecule has 4 rings (SSSR count). The number of hydrogen-bond acceptors (Lipinski definition) is 12. The van der Waals surface area contributed by atoms with Crippen molar-refractivity contribution in [3.05, 3.63) is 36.1 Å². The molecule has 0 radical (unpaired) electrons. The van der Waals surface area contributed by atoms with Crippen LogP contribution in [0.3, 0.4) is 0 Å². The number of carboxylic acids is 1. The summed E-state index contributed by atoms with van der Waals surface area (Å²) < 4.78 is 22.0. The maximum atomic E-state index is 13.3. The first-order valence-electron chi connectivity index (χ1n) is 11.7. The Morgan fingerprint density at radius 2 is 1.70 bits per heavy atom. The number of fused-ring (bicyclic) bond motifs is 1. The average Bonchev–Trinajstić information content (AvgIpc) is 2.85. The lowest BCUT2D eigenvalue weighted by atomic mass is 9.75. The fourth-order valence-corrected chi connectivity index (χ4v) is 4.69. The molecule has 13 nitrogen and oxygen atoms in total. The summed E-state index contributed by atoms with van der Waals surface area (Å²) in [5, 5.41) is 59.7. The Morgan fingerprint density at radius 3 is 2.38 bits per heavy atom. The number of carbonyl (C=O) groups excluding carboxylic acids is 2. The molecule has 1 saturated carbocycles. The van der Waals surface area contributed by atoms with Crippen molar-refractivity contribution in [1.82, 2.24) is 0 Å². The third-order valence-electron chi connectivity index (χ3n) is 6.65. The molecule has 3 aliphatic rings. The number of benzene rings is 1. The quantitative estimate of drug-likeness (QED) is 0.181. The summed E-state index contributed by atoms with van der Waals surface area (Å²) in [5.41, 5.74) is 0.691. The van der Waals surface area contributed by atoms with Gasteiger partial charge in [-0.1, -0.05) is 12.1 Å². The van der Waals surface area contributed by atoms with Crippen LogP contribution in [0.25, 0.3) is 5.57 Å². The van der Waals surface area contributed by atoms with E-state index in [9.17, 15) is 39.9 Å². The highest BCUT2D eigenvalue weighted by Gasteiger charge is 2.51. The largest absolute Gasteiger partial charge is 0.508 e. The van der Waals surface area contributed by atoms with Gasteiger partial charge < -0.3 is 49.6 Å². The van der Waals surface area contributed by atoms with Crippen LogP contribution in [-0.2, 0) is 33.3 Å². The Bertz CT molecular complexity index is 1040. The number of rotatable bonds is 7. The van der Waals surface area contributed by atoms with Crippen molar-refractivity contribution < 1.29 is 64.0 Å². The fourth-order valence-electron chi connectivity index (χ4n) is 4.69. The molecule has 2 aliphatic heterocycles. The molecule has 9 atom stereocenters. The lowest BCUT2D eigenvalue weighted by Crippen LogP contribution is -2.61. The van der Waals surface area contributed by atoms with E-state index in [2.05, 4.69) is 0 Å². The van der Waals surface area contributed by atoms with Gasteiger partial charge in [0.25, 0.3) is 0 Å². The van der Waals surface area contributed by atoms with Gasteiger partial charge in [0.15, 0.2) is 12.1 Å². The van der Waals surface area contributed by atoms with Gasteiger partial charge in [-0.3, -0.25) is 14.4 Å². The van der Waals surface area contributed by atoms with Crippen LogP contribution in [0.1, 0.15) is 24.8 Å². The first-order valence-corrected chi connectivity index (χ1v) is 11.7. The summed E-state index contributed by atoms with van der Waals surface area (Å²) >= 11 is 0. The minimum absolute atomic E-state index is 0.0193. The van der Waals surface area contributed by atoms with Gasteiger partial charge in [0.1, 0.15) is 49.3 Å². The van der Waals surface area contributed by atoms with Crippen LogP contribution < -0.4 is 0 Å². The average molecular weight is 524 g/mol. The minimum atomic E-state index is -1.75. The van der Waals surface area contributed by atoms with E-state index >= 15 is 0 Å².